The Balaban J connectivity index is 0.00000162. The van der Waals surface area contributed by atoms with E-state index in [1.807, 2.05) is 0 Å². The summed E-state index contributed by atoms with van der Waals surface area (Å²) >= 11 is 11.9. The zero-order valence-corrected chi connectivity index (χ0v) is 12.5. The molecule has 1 aromatic rings. The quantitative estimate of drug-likeness (QED) is 0.894. The van der Waals surface area contributed by atoms with Crippen LogP contribution in [0.2, 0.25) is 10.0 Å². The van der Waals surface area contributed by atoms with E-state index in [9.17, 15) is 0 Å². The van der Waals surface area contributed by atoms with Gasteiger partial charge in [0.1, 0.15) is 5.75 Å². The molecule has 0 amide bonds. The Morgan fingerprint density at radius 2 is 2.11 bits per heavy atom. The molecule has 0 bridgehead atoms. The number of nitrogens with one attached hydrogen (secondary N) is 1. The van der Waals surface area contributed by atoms with Gasteiger partial charge in [-0.1, -0.05) is 29.6 Å². The van der Waals surface area contributed by atoms with Crippen molar-refractivity contribution >= 4 is 35.6 Å². The first-order valence-corrected chi connectivity index (χ1v) is 6.82. The minimum absolute atomic E-state index is 0. The third-order valence-corrected chi connectivity index (χ3v) is 3.58. The summed E-state index contributed by atoms with van der Waals surface area (Å²) in [6.07, 6.45) is 4.86. The van der Waals surface area contributed by atoms with Crippen molar-refractivity contribution in [2.24, 2.45) is 0 Å². The summed E-state index contributed by atoms with van der Waals surface area (Å²) in [6.45, 7) is 1.81. The summed E-state index contributed by atoms with van der Waals surface area (Å²) in [5.74, 6) is 0.676. The summed E-state index contributed by atoms with van der Waals surface area (Å²) in [5.41, 5.74) is 0. The molecule has 0 aromatic heterocycles. The van der Waals surface area contributed by atoms with Crippen molar-refractivity contribution < 1.29 is 4.74 Å². The molecule has 5 heteroatoms. The molecule has 1 fully saturated rings. The molecule has 1 heterocycles. The predicted octanol–water partition coefficient (Wildman–Crippen LogP) is 4.33. The van der Waals surface area contributed by atoms with Crippen LogP contribution in [0.5, 0.6) is 5.75 Å². The Bertz CT molecular complexity index is 367. The predicted molar refractivity (Wildman–Crippen MR) is 79.5 cm³/mol. The Kier molecular flexibility index (Phi) is 7.16. The van der Waals surface area contributed by atoms with E-state index in [0.717, 1.165) is 13.0 Å². The number of hydrogen-bond donors (Lipinski definition) is 1. The van der Waals surface area contributed by atoms with Gasteiger partial charge in [0.25, 0.3) is 0 Å². The summed E-state index contributed by atoms with van der Waals surface area (Å²) in [6, 6.07) is 5.87. The van der Waals surface area contributed by atoms with Crippen LogP contribution in [0.3, 0.4) is 0 Å². The molecular formula is C13H18Cl3NO. The fourth-order valence-electron chi connectivity index (χ4n) is 2.07. The highest BCUT2D eigenvalue weighted by atomic mass is 35.5. The Labute approximate surface area is 124 Å². The summed E-state index contributed by atoms with van der Waals surface area (Å²) < 4.78 is 5.66. The Morgan fingerprint density at radius 3 is 2.83 bits per heavy atom. The largest absolute Gasteiger partial charge is 0.492 e. The third-order valence-electron chi connectivity index (χ3n) is 3.03. The molecule has 1 aromatic carbocycles. The van der Waals surface area contributed by atoms with Crippen molar-refractivity contribution in [3.63, 3.8) is 0 Å². The molecule has 1 unspecified atom stereocenters. The summed E-state index contributed by atoms with van der Waals surface area (Å²) in [5, 5.41) is 4.76. The third kappa shape index (κ3) is 4.85. The second kappa shape index (κ2) is 8.11. The zero-order valence-electron chi connectivity index (χ0n) is 10.1. The molecule has 0 spiro atoms. The van der Waals surface area contributed by atoms with Gasteiger partial charge in [-0.25, -0.2) is 0 Å². The van der Waals surface area contributed by atoms with Crippen molar-refractivity contribution in [3.05, 3.63) is 28.2 Å². The van der Waals surface area contributed by atoms with Crippen molar-refractivity contribution in [1.82, 2.24) is 5.32 Å². The van der Waals surface area contributed by atoms with E-state index in [0.29, 0.717) is 28.4 Å². The van der Waals surface area contributed by atoms with Crippen LogP contribution in [0.4, 0.5) is 0 Å². The first-order chi connectivity index (χ1) is 8.25. The standard InChI is InChI=1S/C13H17Cl2NO.ClH/c14-10-4-5-12(15)13(9-10)17-8-6-11-3-1-2-7-16-11;/h4-5,9,11,16H,1-3,6-8H2;1H. The fourth-order valence-corrected chi connectivity index (χ4v) is 2.40. The van der Waals surface area contributed by atoms with E-state index >= 15 is 0 Å². The number of benzene rings is 1. The maximum absolute atomic E-state index is 6.02. The van der Waals surface area contributed by atoms with Crippen molar-refractivity contribution in [3.8, 4) is 5.75 Å². The van der Waals surface area contributed by atoms with Gasteiger partial charge >= 0.3 is 0 Å². The molecule has 0 radical (unpaired) electrons. The fraction of sp³-hybridized carbons (Fsp3) is 0.538. The van der Waals surface area contributed by atoms with Gasteiger partial charge in [0, 0.05) is 17.1 Å². The van der Waals surface area contributed by atoms with Crippen LogP contribution in [0.25, 0.3) is 0 Å². The zero-order chi connectivity index (χ0) is 12.1. The summed E-state index contributed by atoms with van der Waals surface area (Å²) in [7, 11) is 0. The first kappa shape index (κ1) is 15.9. The van der Waals surface area contributed by atoms with E-state index < -0.39 is 0 Å². The molecule has 18 heavy (non-hydrogen) atoms. The lowest BCUT2D eigenvalue weighted by Gasteiger charge is -2.23. The molecule has 1 N–H and O–H groups in total. The second-order valence-corrected chi connectivity index (χ2v) is 5.20. The maximum atomic E-state index is 6.02. The average molecular weight is 311 g/mol. The average Bonchev–Trinajstić information content (AvgIpc) is 2.35. The number of hydrogen-bond acceptors (Lipinski definition) is 2. The Morgan fingerprint density at radius 1 is 1.28 bits per heavy atom. The van der Waals surface area contributed by atoms with Gasteiger partial charge in [0.2, 0.25) is 0 Å². The maximum Gasteiger partial charge on any atom is 0.139 e. The highest BCUT2D eigenvalue weighted by molar-refractivity contribution is 6.34. The molecule has 102 valence electrons. The Hall–Kier alpha value is -0.150. The van der Waals surface area contributed by atoms with Crippen LogP contribution in [-0.4, -0.2) is 19.2 Å². The van der Waals surface area contributed by atoms with Gasteiger partial charge in [-0.05, 0) is 37.9 Å². The number of halogens is 3. The van der Waals surface area contributed by atoms with Gasteiger partial charge in [-0.3, -0.25) is 0 Å². The molecule has 0 aliphatic carbocycles. The van der Waals surface area contributed by atoms with Crippen molar-refractivity contribution in [2.45, 2.75) is 31.7 Å². The minimum Gasteiger partial charge on any atom is -0.492 e. The molecule has 1 saturated heterocycles. The lowest BCUT2D eigenvalue weighted by atomic mass is 10.0. The van der Waals surface area contributed by atoms with Crippen LogP contribution in [0.1, 0.15) is 25.7 Å². The van der Waals surface area contributed by atoms with Crippen LogP contribution in [0, 0.1) is 0 Å². The van der Waals surface area contributed by atoms with E-state index in [1.165, 1.54) is 19.3 Å². The lowest BCUT2D eigenvalue weighted by molar-refractivity contribution is 0.268. The molecule has 1 aliphatic rings. The van der Waals surface area contributed by atoms with Gasteiger partial charge in [0.15, 0.2) is 0 Å². The number of piperidine rings is 1. The second-order valence-electron chi connectivity index (χ2n) is 4.36. The van der Waals surface area contributed by atoms with Crippen LogP contribution >= 0.6 is 35.6 Å². The molecule has 2 nitrogen and oxygen atoms in total. The van der Waals surface area contributed by atoms with Crippen LogP contribution < -0.4 is 10.1 Å². The van der Waals surface area contributed by atoms with E-state index in [2.05, 4.69) is 5.32 Å². The molecule has 0 saturated carbocycles. The van der Waals surface area contributed by atoms with Gasteiger partial charge in [-0.2, -0.15) is 0 Å². The summed E-state index contributed by atoms with van der Waals surface area (Å²) in [4.78, 5) is 0. The van der Waals surface area contributed by atoms with Crippen molar-refractivity contribution in [1.29, 1.82) is 0 Å². The van der Waals surface area contributed by atoms with Gasteiger partial charge in [0.05, 0.1) is 11.6 Å². The molecule has 1 aliphatic heterocycles. The van der Waals surface area contributed by atoms with Gasteiger partial charge < -0.3 is 10.1 Å². The normalized spacial score (nSPS) is 19.1. The molecular weight excluding hydrogens is 293 g/mol. The van der Waals surface area contributed by atoms with E-state index in [4.69, 9.17) is 27.9 Å². The van der Waals surface area contributed by atoms with E-state index in [-0.39, 0.29) is 12.4 Å². The first-order valence-electron chi connectivity index (χ1n) is 6.07. The molecule has 2 rings (SSSR count). The monoisotopic (exact) mass is 309 g/mol. The van der Waals surface area contributed by atoms with Crippen LogP contribution in [0.15, 0.2) is 18.2 Å². The lowest BCUT2D eigenvalue weighted by Crippen LogP contribution is -2.35. The van der Waals surface area contributed by atoms with Crippen LogP contribution in [-0.2, 0) is 0 Å². The van der Waals surface area contributed by atoms with Crippen molar-refractivity contribution in [2.75, 3.05) is 13.2 Å². The SMILES string of the molecule is Cl.Clc1ccc(Cl)c(OCCC2CCCCN2)c1. The number of rotatable bonds is 4. The topological polar surface area (TPSA) is 21.3 Å². The van der Waals surface area contributed by atoms with Gasteiger partial charge in [-0.15, -0.1) is 12.4 Å². The highest BCUT2D eigenvalue weighted by Crippen LogP contribution is 2.27. The highest BCUT2D eigenvalue weighted by Gasteiger charge is 2.12. The smallest absolute Gasteiger partial charge is 0.139 e. The van der Waals surface area contributed by atoms with E-state index in [1.54, 1.807) is 18.2 Å². The molecule has 1 atom stereocenters. The minimum atomic E-state index is 0. The number of ether oxygens (including phenoxy) is 1.